The zero-order valence-corrected chi connectivity index (χ0v) is 9.29. The van der Waals surface area contributed by atoms with Gasteiger partial charge >= 0.3 is 0 Å². The normalized spacial score (nSPS) is 26.3. The number of allylic oxidation sites excluding steroid dienone is 1. The van der Waals surface area contributed by atoms with E-state index in [0.717, 1.165) is 0 Å². The zero-order chi connectivity index (χ0) is 10.4. The second-order valence-electron chi connectivity index (χ2n) is 3.80. The monoisotopic (exact) mass is 191 g/mol. The van der Waals surface area contributed by atoms with Crippen LogP contribution in [0.2, 0.25) is 0 Å². The Morgan fingerprint density at radius 2 is 2.36 bits per heavy atom. The first-order valence-electron chi connectivity index (χ1n) is 5.53. The average molecular weight is 191 g/mol. The van der Waals surface area contributed by atoms with E-state index in [1.54, 1.807) is 0 Å². The summed E-state index contributed by atoms with van der Waals surface area (Å²) in [5.41, 5.74) is 1.52. The van der Waals surface area contributed by atoms with Crippen LogP contribution in [0, 0.1) is 5.92 Å². The second-order valence-corrected chi connectivity index (χ2v) is 3.80. The van der Waals surface area contributed by atoms with E-state index >= 15 is 0 Å². The highest BCUT2D eigenvalue weighted by Gasteiger charge is 2.23. The standard InChI is InChI=1S/C13H21N/c1-4-7-9-11-10-14-13(6-3)12(11)8-5-2/h5-6,8,10,12-14H,3-4,7,9H2,1-2H3/b8-5-. The Kier molecular flexibility index (Phi) is 4.51. The maximum Gasteiger partial charge on any atom is 0.0537 e. The van der Waals surface area contributed by atoms with E-state index in [9.17, 15) is 0 Å². The van der Waals surface area contributed by atoms with Gasteiger partial charge in [0.1, 0.15) is 0 Å². The molecule has 1 nitrogen and oxygen atoms in total. The highest BCUT2D eigenvalue weighted by molar-refractivity contribution is 5.25. The largest absolute Gasteiger partial charge is 0.384 e. The Morgan fingerprint density at radius 3 is 2.93 bits per heavy atom. The van der Waals surface area contributed by atoms with E-state index in [1.165, 1.54) is 24.8 Å². The van der Waals surface area contributed by atoms with Crippen molar-refractivity contribution in [2.45, 2.75) is 39.2 Å². The van der Waals surface area contributed by atoms with E-state index in [0.29, 0.717) is 12.0 Å². The molecule has 0 amide bonds. The van der Waals surface area contributed by atoms with Crippen molar-refractivity contribution in [1.82, 2.24) is 5.32 Å². The first-order chi connectivity index (χ1) is 6.83. The predicted octanol–water partition coefficient (Wildman–Crippen LogP) is 3.41. The van der Waals surface area contributed by atoms with Gasteiger partial charge in [-0.15, -0.1) is 6.58 Å². The van der Waals surface area contributed by atoms with Crippen LogP contribution in [-0.2, 0) is 0 Å². The van der Waals surface area contributed by atoms with E-state index in [1.807, 2.05) is 6.08 Å². The molecule has 0 aromatic heterocycles. The number of nitrogens with one attached hydrogen (secondary N) is 1. The maximum absolute atomic E-state index is 3.86. The lowest BCUT2D eigenvalue weighted by Gasteiger charge is -2.15. The lowest BCUT2D eigenvalue weighted by Crippen LogP contribution is -2.23. The van der Waals surface area contributed by atoms with Gasteiger partial charge in [0.2, 0.25) is 0 Å². The molecule has 0 aromatic carbocycles. The summed E-state index contributed by atoms with van der Waals surface area (Å²) in [7, 11) is 0. The smallest absolute Gasteiger partial charge is 0.0537 e. The summed E-state index contributed by atoms with van der Waals surface area (Å²) in [5.74, 6) is 0.532. The van der Waals surface area contributed by atoms with Crippen molar-refractivity contribution in [3.8, 4) is 0 Å². The molecule has 0 aliphatic carbocycles. The molecule has 1 aliphatic rings. The fourth-order valence-corrected chi connectivity index (χ4v) is 1.92. The lowest BCUT2D eigenvalue weighted by atomic mass is 9.91. The molecule has 0 spiro atoms. The van der Waals surface area contributed by atoms with E-state index in [-0.39, 0.29) is 0 Å². The summed E-state index contributed by atoms with van der Waals surface area (Å²) >= 11 is 0. The molecule has 0 saturated heterocycles. The molecule has 78 valence electrons. The fraction of sp³-hybridized carbons (Fsp3) is 0.538. The number of hydrogen-bond acceptors (Lipinski definition) is 1. The summed E-state index contributed by atoms with van der Waals surface area (Å²) in [4.78, 5) is 0. The summed E-state index contributed by atoms with van der Waals surface area (Å²) < 4.78 is 0. The van der Waals surface area contributed by atoms with Gasteiger partial charge in [0, 0.05) is 5.92 Å². The van der Waals surface area contributed by atoms with Gasteiger partial charge in [-0.05, 0) is 31.5 Å². The number of rotatable bonds is 5. The highest BCUT2D eigenvalue weighted by Crippen LogP contribution is 2.27. The predicted molar refractivity (Wildman–Crippen MR) is 63.0 cm³/mol. The van der Waals surface area contributed by atoms with Crippen molar-refractivity contribution in [2.75, 3.05) is 0 Å². The van der Waals surface area contributed by atoms with Crippen LogP contribution in [0.1, 0.15) is 33.1 Å². The van der Waals surface area contributed by atoms with Crippen LogP contribution < -0.4 is 5.32 Å². The molecule has 1 N–H and O–H groups in total. The minimum atomic E-state index is 0.401. The minimum Gasteiger partial charge on any atom is -0.384 e. The van der Waals surface area contributed by atoms with E-state index in [2.05, 4.69) is 44.1 Å². The third kappa shape index (κ3) is 2.50. The van der Waals surface area contributed by atoms with Crippen LogP contribution in [0.15, 0.2) is 36.6 Å². The van der Waals surface area contributed by atoms with Crippen LogP contribution in [0.5, 0.6) is 0 Å². The van der Waals surface area contributed by atoms with Crippen molar-refractivity contribution in [2.24, 2.45) is 5.92 Å². The Hall–Kier alpha value is -0.980. The molecule has 0 fully saturated rings. The van der Waals surface area contributed by atoms with Crippen molar-refractivity contribution in [3.63, 3.8) is 0 Å². The third-order valence-electron chi connectivity index (χ3n) is 2.75. The molecule has 0 radical (unpaired) electrons. The van der Waals surface area contributed by atoms with Crippen LogP contribution >= 0.6 is 0 Å². The van der Waals surface area contributed by atoms with Gasteiger partial charge in [-0.2, -0.15) is 0 Å². The molecular weight excluding hydrogens is 170 g/mol. The molecule has 1 rings (SSSR count). The van der Waals surface area contributed by atoms with Crippen molar-refractivity contribution >= 4 is 0 Å². The summed E-state index contributed by atoms with van der Waals surface area (Å²) in [5, 5.41) is 3.37. The van der Waals surface area contributed by atoms with Gasteiger partial charge in [0.15, 0.2) is 0 Å². The molecule has 1 aliphatic heterocycles. The van der Waals surface area contributed by atoms with E-state index in [4.69, 9.17) is 0 Å². The molecular formula is C13H21N. The van der Waals surface area contributed by atoms with Crippen molar-refractivity contribution in [3.05, 3.63) is 36.6 Å². The molecule has 2 atom stereocenters. The molecule has 0 saturated carbocycles. The Labute approximate surface area is 87.6 Å². The second kappa shape index (κ2) is 5.69. The quantitative estimate of drug-likeness (QED) is 0.657. The first kappa shape index (κ1) is 11.1. The molecule has 1 heteroatoms. The molecule has 2 unspecified atom stereocenters. The Bertz CT molecular complexity index is 238. The Balaban J connectivity index is 2.60. The lowest BCUT2D eigenvalue weighted by molar-refractivity contribution is 0.614. The topological polar surface area (TPSA) is 12.0 Å². The van der Waals surface area contributed by atoms with Crippen LogP contribution in [0.25, 0.3) is 0 Å². The number of unbranched alkanes of at least 4 members (excludes halogenated alkanes) is 1. The van der Waals surface area contributed by atoms with Gasteiger partial charge in [-0.1, -0.05) is 31.6 Å². The van der Waals surface area contributed by atoms with Crippen molar-refractivity contribution < 1.29 is 0 Å². The Morgan fingerprint density at radius 1 is 1.57 bits per heavy atom. The summed E-state index contributed by atoms with van der Waals surface area (Å²) in [6.07, 6.45) is 12.3. The average Bonchev–Trinajstić information content (AvgIpc) is 2.58. The summed E-state index contributed by atoms with van der Waals surface area (Å²) in [6, 6.07) is 0.401. The minimum absolute atomic E-state index is 0.401. The van der Waals surface area contributed by atoms with Gasteiger partial charge < -0.3 is 5.32 Å². The third-order valence-corrected chi connectivity index (χ3v) is 2.75. The highest BCUT2D eigenvalue weighted by atomic mass is 14.9. The molecule has 0 bridgehead atoms. The van der Waals surface area contributed by atoms with Crippen LogP contribution in [0.3, 0.4) is 0 Å². The number of hydrogen-bond donors (Lipinski definition) is 1. The SMILES string of the molecule is C=CC1NC=C(CCCC)C1/C=C\C. The molecule has 1 heterocycles. The maximum atomic E-state index is 3.86. The zero-order valence-electron chi connectivity index (χ0n) is 9.29. The van der Waals surface area contributed by atoms with Crippen LogP contribution in [-0.4, -0.2) is 6.04 Å². The first-order valence-corrected chi connectivity index (χ1v) is 5.53. The van der Waals surface area contributed by atoms with Gasteiger partial charge in [-0.3, -0.25) is 0 Å². The fourth-order valence-electron chi connectivity index (χ4n) is 1.92. The summed E-state index contributed by atoms with van der Waals surface area (Å²) in [6.45, 7) is 8.17. The van der Waals surface area contributed by atoms with E-state index < -0.39 is 0 Å². The van der Waals surface area contributed by atoms with Crippen molar-refractivity contribution in [1.29, 1.82) is 0 Å². The van der Waals surface area contributed by atoms with Gasteiger partial charge in [0.25, 0.3) is 0 Å². The molecule has 0 aromatic rings. The molecule has 14 heavy (non-hydrogen) atoms. The van der Waals surface area contributed by atoms with Gasteiger partial charge in [0.05, 0.1) is 6.04 Å². The van der Waals surface area contributed by atoms with Crippen LogP contribution in [0.4, 0.5) is 0 Å². The van der Waals surface area contributed by atoms with Gasteiger partial charge in [-0.25, -0.2) is 0 Å².